The van der Waals surface area contributed by atoms with E-state index in [2.05, 4.69) is 16.9 Å². The van der Waals surface area contributed by atoms with E-state index in [1.54, 1.807) is 17.6 Å². The molecule has 3 aromatic rings. The van der Waals surface area contributed by atoms with Gasteiger partial charge in [0.2, 0.25) is 5.89 Å². The lowest BCUT2D eigenvalue weighted by molar-refractivity contribution is 0.573. The van der Waals surface area contributed by atoms with Crippen molar-refractivity contribution in [2.45, 2.75) is 24.9 Å². The van der Waals surface area contributed by atoms with Crippen LogP contribution in [0.1, 0.15) is 23.3 Å². The third-order valence-electron chi connectivity index (χ3n) is 3.09. The number of nitrogens with zero attached hydrogens (tertiary/aromatic N) is 2. The van der Waals surface area contributed by atoms with E-state index in [0.29, 0.717) is 23.1 Å². The summed E-state index contributed by atoms with van der Waals surface area (Å²) in [6.07, 6.45) is 2.50. The van der Waals surface area contributed by atoms with Crippen LogP contribution in [-0.4, -0.2) is 14.2 Å². The van der Waals surface area contributed by atoms with Gasteiger partial charge in [0.1, 0.15) is 6.26 Å². The fourth-order valence-corrected chi connectivity index (χ4v) is 3.94. The second kappa shape index (κ2) is 6.98. The van der Waals surface area contributed by atoms with Crippen LogP contribution < -0.4 is 0 Å². The summed E-state index contributed by atoms with van der Waals surface area (Å²) in [6.45, 7) is 2.07. The standard InChI is InChI=1S/C16H16N2O2S2/c1-2-15-17-14(9-21-15)11-22(19)10-13-8-20-16(18-13)12-6-4-3-5-7-12/h3-9H,2,10-11H2,1H3/t22-/m0/s1. The lowest BCUT2D eigenvalue weighted by atomic mass is 10.2. The first-order chi connectivity index (χ1) is 10.7. The molecule has 1 atom stereocenters. The van der Waals surface area contributed by atoms with Crippen LogP contribution in [0.15, 0.2) is 46.4 Å². The molecule has 2 heterocycles. The van der Waals surface area contributed by atoms with Crippen molar-refractivity contribution in [2.75, 3.05) is 0 Å². The maximum absolute atomic E-state index is 12.2. The minimum atomic E-state index is -1.03. The molecule has 0 spiro atoms. The molecule has 0 N–H and O–H groups in total. The SMILES string of the molecule is CCc1nc(C[S@@](=O)Cc2coc(-c3ccccc3)n2)cs1. The van der Waals surface area contributed by atoms with E-state index < -0.39 is 10.8 Å². The van der Waals surface area contributed by atoms with Gasteiger partial charge in [-0.1, -0.05) is 25.1 Å². The van der Waals surface area contributed by atoms with E-state index in [9.17, 15) is 4.21 Å². The molecule has 4 nitrogen and oxygen atoms in total. The first-order valence-electron chi connectivity index (χ1n) is 7.02. The number of thiazole rings is 1. The molecule has 0 radical (unpaired) electrons. The molecule has 0 saturated heterocycles. The van der Waals surface area contributed by atoms with E-state index in [1.165, 1.54) is 0 Å². The molecule has 0 aliphatic rings. The van der Waals surface area contributed by atoms with Gasteiger partial charge in [-0.3, -0.25) is 4.21 Å². The van der Waals surface area contributed by atoms with Crippen LogP contribution in [0.4, 0.5) is 0 Å². The molecule has 0 amide bonds. The summed E-state index contributed by atoms with van der Waals surface area (Å²) in [5.74, 6) is 1.41. The molecule has 2 aromatic heterocycles. The highest BCUT2D eigenvalue weighted by Gasteiger charge is 2.11. The highest BCUT2D eigenvalue weighted by atomic mass is 32.2. The Hall–Kier alpha value is -1.79. The summed E-state index contributed by atoms with van der Waals surface area (Å²) in [7, 11) is -1.03. The van der Waals surface area contributed by atoms with Gasteiger partial charge >= 0.3 is 0 Å². The average molecular weight is 332 g/mol. The molecular formula is C16H16N2O2S2. The molecular weight excluding hydrogens is 316 g/mol. The van der Waals surface area contributed by atoms with E-state index >= 15 is 0 Å². The highest BCUT2D eigenvalue weighted by Crippen LogP contribution is 2.19. The quantitative estimate of drug-likeness (QED) is 0.689. The monoisotopic (exact) mass is 332 g/mol. The van der Waals surface area contributed by atoms with Gasteiger partial charge in [0.05, 0.1) is 27.9 Å². The highest BCUT2D eigenvalue weighted by molar-refractivity contribution is 7.83. The third kappa shape index (κ3) is 3.69. The zero-order chi connectivity index (χ0) is 15.4. The van der Waals surface area contributed by atoms with E-state index in [-0.39, 0.29) is 0 Å². The maximum atomic E-state index is 12.2. The topological polar surface area (TPSA) is 56.0 Å². The Morgan fingerprint density at radius 1 is 1.14 bits per heavy atom. The van der Waals surface area contributed by atoms with Crippen molar-refractivity contribution in [1.29, 1.82) is 0 Å². The zero-order valence-corrected chi connectivity index (χ0v) is 13.8. The molecule has 0 aliphatic carbocycles. The van der Waals surface area contributed by atoms with Gasteiger partial charge in [-0.2, -0.15) is 0 Å². The summed E-state index contributed by atoms with van der Waals surface area (Å²) in [5, 5.41) is 3.06. The number of oxazole rings is 1. The lowest BCUT2D eigenvalue weighted by Gasteiger charge is -1.96. The van der Waals surface area contributed by atoms with Crippen molar-refractivity contribution >= 4 is 22.1 Å². The normalized spacial score (nSPS) is 12.4. The van der Waals surface area contributed by atoms with Crippen molar-refractivity contribution in [3.8, 4) is 11.5 Å². The molecule has 3 rings (SSSR count). The van der Waals surface area contributed by atoms with E-state index in [4.69, 9.17) is 4.42 Å². The molecule has 1 aromatic carbocycles. The van der Waals surface area contributed by atoms with Crippen molar-refractivity contribution in [1.82, 2.24) is 9.97 Å². The van der Waals surface area contributed by atoms with Gasteiger partial charge in [-0.25, -0.2) is 9.97 Å². The van der Waals surface area contributed by atoms with Crippen LogP contribution in [-0.2, 0) is 28.7 Å². The molecule has 0 unspecified atom stereocenters. The molecule has 0 saturated carbocycles. The van der Waals surface area contributed by atoms with Crippen LogP contribution in [0.3, 0.4) is 0 Å². The zero-order valence-electron chi connectivity index (χ0n) is 12.2. The summed E-state index contributed by atoms with van der Waals surface area (Å²) in [6, 6.07) is 9.69. The van der Waals surface area contributed by atoms with Gasteiger partial charge < -0.3 is 4.42 Å². The molecule has 0 aliphatic heterocycles. The lowest BCUT2D eigenvalue weighted by Crippen LogP contribution is -2.00. The van der Waals surface area contributed by atoms with E-state index in [0.717, 1.165) is 22.7 Å². The van der Waals surface area contributed by atoms with Crippen LogP contribution in [0.25, 0.3) is 11.5 Å². The first kappa shape index (κ1) is 15.1. The second-order valence-corrected chi connectivity index (χ2v) is 7.22. The molecule has 6 heteroatoms. The van der Waals surface area contributed by atoms with Gasteiger partial charge in [0.25, 0.3) is 0 Å². The van der Waals surface area contributed by atoms with Crippen molar-refractivity contribution in [3.05, 3.63) is 58.4 Å². The van der Waals surface area contributed by atoms with Crippen molar-refractivity contribution in [2.24, 2.45) is 0 Å². The van der Waals surface area contributed by atoms with Crippen LogP contribution in [0.5, 0.6) is 0 Å². The Labute approximate surface area is 135 Å². The number of benzene rings is 1. The van der Waals surface area contributed by atoms with Crippen molar-refractivity contribution in [3.63, 3.8) is 0 Å². The first-order valence-corrected chi connectivity index (χ1v) is 9.39. The average Bonchev–Trinajstić information content (AvgIpc) is 3.17. The Kier molecular flexibility index (Phi) is 4.80. The smallest absolute Gasteiger partial charge is 0.226 e. The second-order valence-electron chi connectivity index (χ2n) is 4.82. The van der Waals surface area contributed by atoms with Gasteiger partial charge in [-0.05, 0) is 18.6 Å². The van der Waals surface area contributed by atoms with Crippen LogP contribution in [0, 0.1) is 0 Å². The molecule has 22 heavy (non-hydrogen) atoms. The predicted molar refractivity (Wildman–Crippen MR) is 89.0 cm³/mol. The van der Waals surface area contributed by atoms with E-state index in [1.807, 2.05) is 35.7 Å². The number of aromatic nitrogens is 2. The van der Waals surface area contributed by atoms with Crippen LogP contribution >= 0.6 is 11.3 Å². The maximum Gasteiger partial charge on any atom is 0.226 e. The summed E-state index contributed by atoms with van der Waals surface area (Å²) < 4.78 is 17.7. The summed E-state index contributed by atoms with van der Waals surface area (Å²) >= 11 is 1.62. The fourth-order valence-electron chi connectivity index (χ4n) is 2.05. The number of aryl methyl sites for hydroxylation is 1. The number of rotatable bonds is 6. The third-order valence-corrected chi connectivity index (χ3v) is 5.37. The minimum absolute atomic E-state index is 0.384. The molecule has 0 bridgehead atoms. The van der Waals surface area contributed by atoms with Gasteiger partial charge in [0.15, 0.2) is 0 Å². The Morgan fingerprint density at radius 2 is 1.91 bits per heavy atom. The van der Waals surface area contributed by atoms with Gasteiger partial charge in [0, 0.05) is 21.7 Å². The Morgan fingerprint density at radius 3 is 2.64 bits per heavy atom. The molecule has 0 fully saturated rings. The van der Waals surface area contributed by atoms with Crippen LogP contribution in [0.2, 0.25) is 0 Å². The fraction of sp³-hybridized carbons (Fsp3) is 0.250. The minimum Gasteiger partial charge on any atom is -0.444 e. The summed E-state index contributed by atoms with van der Waals surface area (Å²) in [5.41, 5.74) is 2.53. The van der Waals surface area contributed by atoms with Gasteiger partial charge in [-0.15, -0.1) is 11.3 Å². The summed E-state index contributed by atoms with van der Waals surface area (Å²) in [4.78, 5) is 8.85. The largest absolute Gasteiger partial charge is 0.444 e. The molecule has 114 valence electrons. The van der Waals surface area contributed by atoms with Crippen molar-refractivity contribution < 1.29 is 8.63 Å². The number of hydrogen-bond acceptors (Lipinski definition) is 5. The Bertz CT molecular complexity index is 765. The predicted octanol–water partition coefficient (Wildman–Crippen LogP) is 3.81. The number of hydrogen-bond donors (Lipinski definition) is 0. The Balaban J connectivity index is 1.63.